The SMILES string of the molecule is C[CH-]CC/C=C(\C)CCCC(C)(O)CCCC1(C)CCC2=CC(O)C(C)=C(C)C2(CC)O1. The van der Waals surface area contributed by atoms with Gasteiger partial charge in [-0.15, -0.1) is 0 Å². The maximum atomic E-state index is 10.9. The molecule has 3 nitrogen and oxygen atoms in total. The van der Waals surface area contributed by atoms with Gasteiger partial charge in [0.15, 0.2) is 0 Å². The molecule has 0 aromatic carbocycles. The summed E-state index contributed by atoms with van der Waals surface area (Å²) in [6.07, 6.45) is 16.9. The first-order valence-electron chi connectivity index (χ1n) is 12.9. The second-order valence-electron chi connectivity index (χ2n) is 10.9. The van der Waals surface area contributed by atoms with Gasteiger partial charge < -0.3 is 21.4 Å². The Morgan fingerprint density at radius 2 is 2.00 bits per heavy atom. The highest BCUT2D eigenvalue weighted by molar-refractivity contribution is 5.44. The van der Waals surface area contributed by atoms with E-state index in [0.717, 1.165) is 76.2 Å². The number of unbranched alkanes of at least 4 members (excludes halogenated alkanes) is 2. The van der Waals surface area contributed by atoms with Crippen LogP contribution in [0, 0.1) is 6.42 Å². The van der Waals surface area contributed by atoms with Crippen molar-refractivity contribution < 1.29 is 14.9 Å². The van der Waals surface area contributed by atoms with E-state index in [1.807, 2.05) is 19.9 Å². The Bertz CT molecular complexity index is 714. The molecule has 4 unspecified atom stereocenters. The molecule has 1 fully saturated rings. The highest BCUT2D eigenvalue weighted by atomic mass is 16.5. The van der Waals surface area contributed by atoms with Crippen molar-refractivity contribution >= 4 is 0 Å². The van der Waals surface area contributed by atoms with E-state index in [0.29, 0.717) is 0 Å². The van der Waals surface area contributed by atoms with Gasteiger partial charge in [-0.1, -0.05) is 25.0 Å². The Kier molecular flexibility index (Phi) is 9.82. The summed E-state index contributed by atoms with van der Waals surface area (Å²) in [6, 6.07) is 0. The molecule has 0 bridgehead atoms. The quantitative estimate of drug-likeness (QED) is 0.187. The van der Waals surface area contributed by atoms with E-state index in [-0.39, 0.29) is 11.2 Å². The average Bonchev–Trinajstić information content (AvgIpc) is 2.73. The predicted octanol–water partition coefficient (Wildman–Crippen LogP) is 7.38. The summed E-state index contributed by atoms with van der Waals surface area (Å²) in [5, 5.41) is 21.3. The monoisotopic (exact) mass is 445 g/mol. The van der Waals surface area contributed by atoms with Gasteiger partial charge in [0.05, 0.1) is 17.3 Å². The number of aliphatic hydroxyl groups excluding tert-OH is 1. The molecule has 1 aliphatic heterocycles. The van der Waals surface area contributed by atoms with Crippen LogP contribution in [0.3, 0.4) is 0 Å². The first-order valence-corrected chi connectivity index (χ1v) is 12.9. The van der Waals surface area contributed by atoms with Crippen LogP contribution in [0.4, 0.5) is 0 Å². The molecule has 1 saturated heterocycles. The van der Waals surface area contributed by atoms with Gasteiger partial charge in [-0.25, -0.2) is 0 Å². The summed E-state index contributed by atoms with van der Waals surface area (Å²) < 4.78 is 6.89. The molecule has 4 atom stereocenters. The average molecular weight is 446 g/mol. The zero-order valence-electron chi connectivity index (χ0n) is 21.9. The van der Waals surface area contributed by atoms with Gasteiger partial charge >= 0.3 is 0 Å². The third-order valence-electron chi connectivity index (χ3n) is 8.02. The normalized spacial score (nSPS) is 30.7. The summed E-state index contributed by atoms with van der Waals surface area (Å²) in [5.41, 5.74) is 3.73. The van der Waals surface area contributed by atoms with Gasteiger partial charge in [0.2, 0.25) is 0 Å². The van der Waals surface area contributed by atoms with Crippen molar-refractivity contribution in [1.29, 1.82) is 0 Å². The molecular formula is C29H49O3-. The maximum Gasteiger partial charge on any atom is 0.111 e. The Hall–Kier alpha value is -0.900. The molecule has 0 saturated carbocycles. The van der Waals surface area contributed by atoms with Crippen molar-refractivity contribution in [3.8, 4) is 0 Å². The largest absolute Gasteiger partial charge is 0.390 e. The van der Waals surface area contributed by atoms with Crippen LogP contribution in [0.25, 0.3) is 0 Å². The topological polar surface area (TPSA) is 49.7 Å². The molecule has 1 aliphatic carbocycles. The van der Waals surface area contributed by atoms with E-state index in [1.165, 1.54) is 16.7 Å². The first kappa shape index (κ1) is 27.3. The fraction of sp³-hybridized carbons (Fsp3) is 0.759. The number of allylic oxidation sites excluding steroid dienone is 2. The van der Waals surface area contributed by atoms with E-state index < -0.39 is 11.7 Å². The van der Waals surface area contributed by atoms with Crippen LogP contribution in [0.1, 0.15) is 119 Å². The standard InChI is InChI=1S/C29H49O3/c1-8-10-11-14-22(3)15-12-17-27(6,31)18-13-19-28(7)20-16-25-21-26(30)23(4)24(5)29(25,9-2)32-28/h8,14,21,26,30-31H,9-13,15-20H2,1-7H3/q-1/b22-14+. The molecule has 2 rings (SSSR count). The van der Waals surface area contributed by atoms with Crippen molar-refractivity contribution in [3.05, 3.63) is 40.9 Å². The van der Waals surface area contributed by atoms with Gasteiger partial charge in [0.1, 0.15) is 5.60 Å². The lowest BCUT2D eigenvalue weighted by molar-refractivity contribution is -0.145. The zero-order chi connectivity index (χ0) is 24.0. The number of fused-ring (bicyclic) bond motifs is 1. The lowest BCUT2D eigenvalue weighted by Gasteiger charge is -2.51. The molecule has 2 aliphatic rings. The van der Waals surface area contributed by atoms with Gasteiger partial charge in [0.25, 0.3) is 0 Å². The molecular weight excluding hydrogens is 396 g/mol. The van der Waals surface area contributed by atoms with Crippen LogP contribution in [0.2, 0.25) is 0 Å². The highest BCUT2D eigenvalue weighted by Crippen LogP contribution is 2.50. The summed E-state index contributed by atoms with van der Waals surface area (Å²) in [5.74, 6) is 0. The Morgan fingerprint density at radius 3 is 2.66 bits per heavy atom. The van der Waals surface area contributed by atoms with Gasteiger partial charge in [-0.05, 0) is 115 Å². The van der Waals surface area contributed by atoms with E-state index in [2.05, 4.69) is 47.1 Å². The lowest BCUT2D eigenvalue weighted by Crippen LogP contribution is -2.51. The molecule has 0 spiro atoms. The summed E-state index contributed by atoms with van der Waals surface area (Å²) in [6.45, 7) is 14.9. The van der Waals surface area contributed by atoms with E-state index in [4.69, 9.17) is 4.74 Å². The number of rotatable bonds is 12. The van der Waals surface area contributed by atoms with Gasteiger partial charge in [-0.2, -0.15) is 13.3 Å². The van der Waals surface area contributed by atoms with Crippen LogP contribution in [0.5, 0.6) is 0 Å². The van der Waals surface area contributed by atoms with Crippen LogP contribution in [-0.4, -0.2) is 33.1 Å². The Morgan fingerprint density at radius 1 is 1.31 bits per heavy atom. The van der Waals surface area contributed by atoms with Crippen LogP contribution < -0.4 is 0 Å². The highest BCUT2D eigenvalue weighted by Gasteiger charge is 2.48. The number of hydrogen-bond acceptors (Lipinski definition) is 3. The van der Waals surface area contributed by atoms with Crippen molar-refractivity contribution in [1.82, 2.24) is 0 Å². The number of hydrogen-bond donors (Lipinski definition) is 2. The third kappa shape index (κ3) is 6.81. The van der Waals surface area contributed by atoms with E-state index in [9.17, 15) is 10.2 Å². The molecule has 3 heteroatoms. The number of ether oxygens (including phenoxy) is 1. The second kappa shape index (κ2) is 11.5. The minimum absolute atomic E-state index is 0.192. The molecule has 0 radical (unpaired) electrons. The van der Waals surface area contributed by atoms with Crippen LogP contribution >= 0.6 is 0 Å². The summed E-state index contributed by atoms with van der Waals surface area (Å²) in [4.78, 5) is 0. The van der Waals surface area contributed by atoms with Crippen molar-refractivity contribution in [2.45, 2.75) is 142 Å². The second-order valence-corrected chi connectivity index (χ2v) is 10.9. The van der Waals surface area contributed by atoms with Gasteiger partial charge in [-0.3, -0.25) is 0 Å². The minimum atomic E-state index is -0.614. The molecule has 0 amide bonds. The summed E-state index contributed by atoms with van der Waals surface area (Å²) in [7, 11) is 0. The fourth-order valence-corrected chi connectivity index (χ4v) is 5.58. The molecule has 184 valence electrons. The van der Waals surface area contributed by atoms with Gasteiger partial charge in [0, 0.05) is 0 Å². The molecule has 32 heavy (non-hydrogen) atoms. The first-order chi connectivity index (χ1) is 15.0. The van der Waals surface area contributed by atoms with Crippen molar-refractivity contribution in [2.24, 2.45) is 0 Å². The Balaban J connectivity index is 1.88. The van der Waals surface area contributed by atoms with E-state index >= 15 is 0 Å². The minimum Gasteiger partial charge on any atom is -0.390 e. The summed E-state index contributed by atoms with van der Waals surface area (Å²) >= 11 is 0. The maximum absolute atomic E-state index is 10.9. The molecule has 1 heterocycles. The lowest BCUT2D eigenvalue weighted by atomic mass is 9.70. The van der Waals surface area contributed by atoms with Crippen molar-refractivity contribution in [2.75, 3.05) is 0 Å². The van der Waals surface area contributed by atoms with E-state index in [1.54, 1.807) is 0 Å². The smallest absolute Gasteiger partial charge is 0.111 e. The third-order valence-corrected chi connectivity index (χ3v) is 8.02. The Labute approximate surface area is 198 Å². The zero-order valence-corrected chi connectivity index (χ0v) is 21.9. The van der Waals surface area contributed by atoms with Crippen molar-refractivity contribution in [3.63, 3.8) is 0 Å². The molecule has 0 aromatic heterocycles. The number of aliphatic hydroxyl groups is 2. The van der Waals surface area contributed by atoms with Crippen LogP contribution in [-0.2, 0) is 4.74 Å². The molecule has 0 aromatic rings. The predicted molar refractivity (Wildman–Crippen MR) is 136 cm³/mol. The fourth-order valence-electron chi connectivity index (χ4n) is 5.58. The molecule has 2 N–H and O–H groups in total. The van der Waals surface area contributed by atoms with Crippen LogP contribution in [0.15, 0.2) is 34.4 Å².